The number of sulfonamides is 1. The first-order valence-electron chi connectivity index (χ1n) is 11.5. The number of carbonyl (C=O) groups is 1. The van der Waals surface area contributed by atoms with E-state index in [0.29, 0.717) is 18.2 Å². The molecule has 1 spiro atoms. The lowest BCUT2D eigenvalue weighted by Crippen LogP contribution is -2.57. The summed E-state index contributed by atoms with van der Waals surface area (Å²) in [7, 11) is -1.86. The molecular formula is C23H26F4N4O3S. The topological polar surface area (TPSA) is 74.6 Å². The zero-order valence-corrected chi connectivity index (χ0v) is 19.9. The van der Waals surface area contributed by atoms with E-state index in [1.165, 1.54) is 24.3 Å². The number of aromatic nitrogens is 1. The van der Waals surface area contributed by atoms with Gasteiger partial charge in [0.1, 0.15) is 11.5 Å². The third-order valence-electron chi connectivity index (χ3n) is 7.36. The van der Waals surface area contributed by atoms with E-state index in [-0.39, 0.29) is 55.0 Å². The predicted molar refractivity (Wildman–Crippen MR) is 119 cm³/mol. The van der Waals surface area contributed by atoms with Crippen molar-refractivity contribution in [1.82, 2.24) is 19.1 Å². The molecule has 0 atom stereocenters. The van der Waals surface area contributed by atoms with Crippen LogP contribution in [-0.4, -0.2) is 61.4 Å². The fourth-order valence-corrected chi connectivity index (χ4v) is 6.55. The van der Waals surface area contributed by atoms with Crippen LogP contribution in [0.3, 0.4) is 0 Å². The fourth-order valence-electron chi connectivity index (χ4n) is 5.25. The summed E-state index contributed by atoms with van der Waals surface area (Å²) in [5, 5.41) is 0. The highest BCUT2D eigenvalue weighted by molar-refractivity contribution is 7.89. The Kier molecular flexibility index (Phi) is 5.76. The number of rotatable bonds is 4. The second-order valence-corrected chi connectivity index (χ2v) is 11.3. The van der Waals surface area contributed by atoms with Gasteiger partial charge in [0.2, 0.25) is 10.0 Å². The van der Waals surface area contributed by atoms with Crippen LogP contribution in [0, 0.1) is 5.82 Å². The van der Waals surface area contributed by atoms with Gasteiger partial charge in [0.25, 0.3) is 5.91 Å². The summed E-state index contributed by atoms with van der Waals surface area (Å²) in [4.78, 5) is 16.6. The second kappa shape index (κ2) is 8.31. The Hall–Kier alpha value is -2.44. The van der Waals surface area contributed by atoms with Crippen LogP contribution in [0.15, 0.2) is 35.2 Å². The third kappa shape index (κ3) is 4.25. The molecule has 12 heteroatoms. The Morgan fingerprint density at radius 3 is 2.26 bits per heavy atom. The van der Waals surface area contributed by atoms with Gasteiger partial charge in [-0.05, 0) is 57.0 Å². The van der Waals surface area contributed by atoms with E-state index in [1.807, 2.05) is 4.90 Å². The largest absolute Gasteiger partial charge is 0.431 e. The average molecular weight is 515 g/mol. The molecule has 0 unspecified atom stereocenters. The molecule has 1 N–H and O–H groups in total. The Morgan fingerprint density at radius 1 is 1.06 bits per heavy atom. The van der Waals surface area contributed by atoms with Crippen LogP contribution < -0.4 is 4.72 Å². The fraction of sp³-hybridized carbons (Fsp3) is 0.522. The molecule has 1 saturated heterocycles. The van der Waals surface area contributed by atoms with Gasteiger partial charge in [-0.15, -0.1) is 0 Å². The summed E-state index contributed by atoms with van der Waals surface area (Å²) in [6.07, 6.45) is -2.46. The van der Waals surface area contributed by atoms with Crippen molar-refractivity contribution in [2.24, 2.45) is 0 Å². The Morgan fingerprint density at radius 2 is 1.69 bits per heavy atom. The van der Waals surface area contributed by atoms with Crippen molar-refractivity contribution < 1.29 is 30.8 Å². The maximum atomic E-state index is 14.9. The number of halogens is 4. The lowest BCUT2D eigenvalue weighted by Gasteiger charge is -2.50. The molecule has 3 aliphatic rings. The van der Waals surface area contributed by atoms with E-state index < -0.39 is 33.2 Å². The Bertz CT molecular complexity index is 1240. The highest BCUT2D eigenvalue weighted by atomic mass is 32.2. The van der Waals surface area contributed by atoms with Crippen molar-refractivity contribution in [3.63, 3.8) is 0 Å². The molecule has 190 valence electrons. The molecule has 1 saturated carbocycles. The maximum Gasteiger partial charge on any atom is 0.431 e. The summed E-state index contributed by atoms with van der Waals surface area (Å²) in [5.41, 5.74) is -1.57. The van der Waals surface area contributed by atoms with Crippen LogP contribution in [0.25, 0.3) is 0 Å². The highest BCUT2D eigenvalue weighted by Gasteiger charge is 2.49. The third-order valence-corrected chi connectivity index (χ3v) is 8.90. The van der Waals surface area contributed by atoms with Crippen molar-refractivity contribution in [1.29, 1.82) is 0 Å². The van der Waals surface area contributed by atoms with Gasteiger partial charge in [-0.25, -0.2) is 17.5 Å². The SMILES string of the molecule is CN1CCn2c(C(F)(F)F)cc(F)c2C12CCN(C(=O)c1ccc(S(=O)(=O)NC3CC3)cc1)CC2. The smallest absolute Gasteiger partial charge is 0.338 e. The van der Waals surface area contributed by atoms with Crippen molar-refractivity contribution in [3.8, 4) is 0 Å². The normalized spacial score (nSPS) is 20.8. The molecule has 2 fully saturated rings. The molecule has 0 radical (unpaired) electrons. The van der Waals surface area contributed by atoms with Crippen LogP contribution in [0.4, 0.5) is 17.6 Å². The lowest BCUT2D eigenvalue weighted by molar-refractivity contribution is -0.144. The van der Waals surface area contributed by atoms with Gasteiger partial charge >= 0.3 is 6.18 Å². The Labute approximate surface area is 200 Å². The van der Waals surface area contributed by atoms with E-state index >= 15 is 0 Å². The molecule has 1 amide bonds. The number of hydrogen-bond donors (Lipinski definition) is 1. The zero-order chi connectivity index (χ0) is 25.2. The molecule has 1 aromatic heterocycles. The number of nitrogens with zero attached hydrogens (tertiary/aromatic N) is 3. The molecule has 7 nitrogen and oxygen atoms in total. The van der Waals surface area contributed by atoms with Crippen LogP contribution in [0.5, 0.6) is 0 Å². The summed E-state index contributed by atoms with van der Waals surface area (Å²) in [6, 6.07) is 6.24. The minimum atomic E-state index is -4.65. The van der Waals surface area contributed by atoms with E-state index in [9.17, 15) is 30.8 Å². The van der Waals surface area contributed by atoms with Crippen molar-refractivity contribution in [2.75, 3.05) is 26.7 Å². The molecule has 1 aromatic carbocycles. The van der Waals surface area contributed by atoms with Crippen LogP contribution in [-0.2, 0) is 28.3 Å². The molecule has 1 aliphatic carbocycles. The number of fused-ring (bicyclic) bond motifs is 2. The van der Waals surface area contributed by atoms with Gasteiger partial charge in [-0.3, -0.25) is 9.69 Å². The van der Waals surface area contributed by atoms with Gasteiger partial charge in [0.05, 0.1) is 16.1 Å². The molecule has 2 aromatic rings. The predicted octanol–water partition coefficient (Wildman–Crippen LogP) is 3.16. The quantitative estimate of drug-likeness (QED) is 0.637. The van der Waals surface area contributed by atoms with E-state index in [0.717, 1.165) is 17.4 Å². The second-order valence-electron chi connectivity index (χ2n) is 9.54. The zero-order valence-electron chi connectivity index (χ0n) is 19.1. The number of likely N-dealkylation sites (tertiary alicyclic amines) is 1. The van der Waals surface area contributed by atoms with E-state index in [2.05, 4.69) is 4.72 Å². The number of amides is 1. The van der Waals surface area contributed by atoms with E-state index in [4.69, 9.17) is 0 Å². The minimum Gasteiger partial charge on any atom is -0.338 e. The number of hydrogen-bond acceptors (Lipinski definition) is 4. The molecule has 0 bridgehead atoms. The number of likely N-dealkylation sites (N-methyl/N-ethyl adjacent to an activating group) is 1. The van der Waals surface area contributed by atoms with Crippen molar-refractivity contribution in [2.45, 2.75) is 54.9 Å². The molecule has 2 aliphatic heterocycles. The molecule has 3 heterocycles. The minimum absolute atomic E-state index is 0.0296. The van der Waals surface area contributed by atoms with Crippen LogP contribution in [0.2, 0.25) is 0 Å². The monoisotopic (exact) mass is 514 g/mol. The summed E-state index contributed by atoms with van der Waals surface area (Å²) >= 11 is 0. The molecule has 35 heavy (non-hydrogen) atoms. The van der Waals surface area contributed by atoms with Gasteiger partial charge in [-0.2, -0.15) is 13.2 Å². The van der Waals surface area contributed by atoms with Crippen LogP contribution >= 0.6 is 0 Å². The highest BCUT2D eigenvalue weighted by Crippen LogP contribution is 2.45. The number of benzene rings is 1. The number of alkyl halides is 3. The number of piperidine rings is 1. The number of nitrogens with one attached hydrogen (secondary N) is 1. The standard InChI is InChI=1S/C23H26F4N4O3S/c1-29-12-13-31-19(23(25,26)27)14-18(24)20(31)22(29)8-10-30(11-9-22)21(32)15-2-6-17(7-3-15)35(33,34)28-16-4-5-16/h2-3,6-7,14,16,28H,4-5,8-13H2,1H3. The van der Waals surface area contributed by atoms with Gasteiger partial charge in [0, 0.05) is 43.9 Å². The van der Waals surface area contributed by atoms with Gasteiger partial charge in [0.15, 0.2) is 0 Å². The maximum absolute atomic E-state index is 14.9. The van der Waals surface area contributed by atoms with Gasteiger partial charge < -0.3 is 9.47 Å². The summed E-state index contributed by atoms with van der Waals surface area (Å²) < 4.78 is 83.6. The van der Waals surface area contributed by atoms with Gasteiger partial charge in [-0.1, -0.05) is 0 Å². The lowest BCUT2D eigenvalue weighted by atomic mass is 9.81. The first-order chi connectivity index (χ1) is 16.4. The first-order valence-corrected chi connectivity index (χ1v) is 13.0. The van der Waals surface area contributed by atoms with Crippen LogP contribution in [0.1, 0.15) is 47.4 Å². The average Bonchev–Trinajstić information content (AvgIpc) is 3.54. The Balaban J connectivity index is 1.33. The molecule has 5 rings (SSSR count). The first kappa shape index (κ1) is 24.3. The summed E-state index contributed by atoms with van der Waals surface area (Å²) in [6.45, 7) is 0.847. The number of carbonyl (C=O) groups excluding carboxylic acids is 1. The van der Waals surface area contributed by atoms with Crippen molar-refractivity contribution in [3.05, 3.63) is 53.1 Å². The van der Waals surface area contributed by atoms with Crippen molar-refractivity contribution >= 4 is 15.9 Å². The summed E-state index contributed by atoms with van der Waals surface area (Å²) in [5.74, 6) is -1.18. The van der Waals surface area contributed by atoms with E-state index in [1.54, 1.807) is 11.9 Å². The molecular weight excluding hydrogens is 488 g/mol.